The maximum atomic E-state index is 9.91. The zero-order valence-electron chi connectivity index (χ0n) is 12.3. The van der Waals surface area contributed by atoms with Crippen LogP contribution in [0.1, 0.15) is 30.9 Å². The molecule has 21 heavy (non-hydrogen) atoms. The fourth-order valence-electron chi connectivity index (χ4n) is 2.27. The van der Waals surface area contributed by atoms with Crippen LogP contribution in [-0.4, -0.2) is 51.3 Å². The van der Waals surface area contributed by atoms with Crippen LogP contribution >= 0.6 is 0 Å². The van der Waals surface area contributed by atoms with Crippen molar-refractivity contribution in [3.05, 3.63) is 29.3 Å². The molecule has 4 N–H and O–H groups in total. The Kier molecular flexibility index (Phi) is 4.85. The molecule has 5 atom stereocenters. The predicted octanol–water partition coefficient (Wildman–Crippen LogP) is 0.255. The quantitative estimate of drug-likeness (QED) is 0.638. The molecule has 1 aromatic carbocycles. The zero-order chi connectivity index (χ0) is 15.7. The van der Waals surface area contributed by atoms with Crippen LogP contribution in [0.15, 0.2) is 18.2 Å². The van der Waals surface area contributed by atoms with E-state index < -0.39 is 30.9 Å². The lowest BCUT2D eigenvalue weighted by atomic mass is 10.00. The van der Waals surface area contributed by atoms with E-state index in [2.05, 4.69) is 0 Å². The zero-order valence-corrected chi connectivity index (χ0v) is 12.3. The Balaban J connectivity index is 2.23. The van der Waals surface area contributed by atoms with Gasteiger partial charge in [0.2, 0.25) is 6.29 Å². The van der Waals surface area contributed by atoms with E-state index in [1.54, 1.807) is 6.07 Å². The molecule has 0 bridgehead atoms. The van der Waals surface area contributed by atoms with Gasteiger partial charge >= 0.3 is 0 Å². The first kappa shape index (κ1) is 16.2. The Labute approximate surface area is 123 Å². The number of rotatable bonds is 3. The Bertz CT molecular complexity index is 489. The van der Waals surface area contributed by atoms with Crippen LogP contribution in [-0.2, 0) is 4.74 Å². The van der Waals surface area contributed by atoms with Gasteiger partial charge in [-0.3, -0.25) is 0 Å². The summed E-state index contributed by atoms with van der Waals surface area (Å²) in [5.74, 6) is 0.714. The van der Waals surface area contributed by atoms with Crippen molar-refractivity contribution in [1.29, 1.82) is 0 Å². The predicted molar refractivity (Wildman–Crippen MR) is 74.8 cm³/mol. The van der Waals surface area contributed by atoms with Gasteiger partial charge in [0.05, 0.1) is 0 Å². The minimum absolute atomic E-state index is 0.196. The largest absolute Gasteiger partial charge is 0.462 e. The molecule has 0 amide bonds. The fourth-order valence-corrected chi connectivity index (χ4v) is 2.27. The molecule has 1 aliphatic rings. The highest BCUT2D eigenvalue weighted by molar-refractivity contribution is 5.39. The maximum absolute atomic E-state index is 9.91. The second kappa shape index (κ2) is 6.29. The maximum Gasteiger partial charge on any atom is 0.231 e. The van der Waals surface area contributed by atoms with Gasteiger partial charge in [0, 0.05) is 0 Å². The van der Waals surface area contributed by atoms with Gasteiger partial charge in [-0.15, -0.1) is 0 Å². The molecule has 6 heteroatoms. The summed E-state index contributed by atoms with van der Waals surface area (Å²) in [5.41, 5.74) is 1.90. The number of aliphatic hydroxyl groups excluding tert-OH is 4. The Hall–Kier alpha value is -1.18. The van der Waals surface area contributed by atoms with Gasteiger partial charge in [0.15, 0.2) is 6.29 Å². The minimum Gasteiger partial charge on any atom is -0.462 e. The minimum atomic E-state index is -1.61. The lowest BCUT2D eigenvalue weighted by Gasteiger charge is -2.38. The summed E-state index contributed by atoms with van der Waals surface area (Å²) in [6, 6.07) is 5.68. The van der Waals surface area contributed by atoms with Gasteiger partial charge < -0.3 is 29.9 Å². The van der Waals surface area contributed by atoms with Crippen LogP contribution < -0.4 is 4.74 Å². The van der Waals surface area contributed by atoms with Crippen molar-refractivity contribution >= 4 is 0 Å². The molecule has 0 saturated carbocycles. The van der Waals surface area contributed by atoms with Gasteiger partial charge in [-0.05, 0) is 30.0 Å². The van der Waals surface area contributed by atoms with E-state index >= 15 is 0 Å². The van der Waals surface area contributed by atoms with Crippen LogP contribution in [0.3, 0.4) is 0 Å². The van der Waals surface area contributed by atoms with Crippen molar-refractivity contribution in [2.75, 3.05) is 0 Å². The van der Waals surface area contributed by atoms with E-state index in [-0.39, 0.29) is 5.92 Å². The van der Waals surface area contributed by atoms with Crippen LogP contribution in [0.5, 0.6) is 5.75 Å². The van der Waals surface area contributed by atoms with Gasteiger partial charge in [0.1, 0.15) is 24.1 Å². The molecular formula is C15H22O6. The highest BCUT2D eigenvalue weighted by atomic mass is 16.7. The van der Waals surface area contributed by atoms with E-state index in [0.717, 1.165) is 11.1 Å². The summed E-state index contributed by atoms with van der Waals surface area (Å²) in [5, 5.41) is 38.6. The van der Waals surface area contributed by atoms with Gasteiger partial charge in [-0.2, -0.15) is 0 Å². The highest BCUT2D eigenvalue weighted by Gasteiger charge is 2.44. The van der Waals surface area contributed by atoms with Crippen LogP contribution in [0.2, 0.25) is 0 Å². The fraction of sp³-hybridized carbons (Fsp3) is 0.600. The van der Waals surface area contributed by atoms with Crippen molar-refractivity contribution in [2.45, 2.75) is 57.6 Å². The Morgan fingerprint density at radius 2 is 1.71 bits per heavy atom. The van der Waals surface area contributed by atoms with E-state index in [0.29, 0.717) is 5.75 Å². The molecule has 0 aliphatic carbocycles. The van der Waals surface area contributed by atoms with Crippen molar-refractivity contribution in [1.82, 2.24) is 0 Å². The number of aryl methyl sites for hydroxylation is 1. The molecule has 1 aromatic rings. The molecule has 118 valence electrons. The lowest BCUT2D eigenvalue weighted by Crippen LogP contribution is -2.59. The van der Waals surface area contributed by atoms with Gasteiger partial charge in [-0.1, -0.05) is 26.0 Å². The summed E-state index contributed by atoms with van der Waals surface area (Å²) in [6.45, 7) is 5.91. The van der Waals surface area contributed by atoms with Crippen molar-refractivity contribution in [3.8, 4) is 5.75 Å². The van der Waals surface area contributed by atoms with Crippen molar-refractivity contribution in [2.24, 2.45) is 0 Å². The standard InChI is InChI=1S/C15H22O6/c1-7(2)9-5-4-8(3)6-10(9)20-15-13(18)11(16)12(17)14(19)21-15/h4-7,11-19H,1-3H3/t11-,12-,13+,14-,15+/m1/s1. The summed E-state index contributed by atoms with van der Waals surface area (Å²) in [6.07, 6.45) is -7.42. The Morgan fingerprint density at radius 3 is 2.33 bits per heavy atom. The topological polar surface area (TPSA) is 99.4 Å². The molecule has 6 nitrogen and oxygen atoms in total. The van der Waals surface area contributed by atoms with E-state index in [1.165, 1.54) is 0 Å². The molecule has 0 unspecified atom stereocenters. The third-order valence-corrected chi connectivity index (χ3v) is 3.58. The van der Waals surface area contributed by atoms with Crippen LogP contribution in [0.25, 0.3) is 0 Å². The normalized spacial score (nSPS) is 33.2. The smallest absolute Gasteiger partial charge is 0.231 e. The van der Waals surface area contributed by atoms with E-state index in [4.69, 9.17) is 9.47 Å². The average Bonchev–Trinajstić information content (AvgIpc) is 2.42. The number of benzene rings is 1. The number of ether oxygens (including phenoxy) is 2. The van der Waals surface area contributed by atoms with Gasteiger partial charge in [-0.25, -0.2) is 0 Å². The molecule has 1 saturated heterocycles. The number of aliphatic hydroxyl groups is 4. The second-order valence-corrected chi connectivity index (χ2v) is 5.68. The number of hydrogen-bond donors (Lipinski definition) is 4. The number of hydrogen-bond acceptors (Lipinski definition) is 6. The molecule has 1 heterocycles. The summed E-state index contributed by atoms with van der Waals surface area (Å²) in [7, 11) is 0. The van der Waals surface area contributed by atoms with Crippen LogP contribution in [0.4, 0.5) is 0 Å². The van der Waals surface area contributed by atoms with E-state index in [9.17, 15) is 20.4 Å². The third kappa shape index (κ3) is 3.36. The molecule has 1 fully saturated rings. The summed E-state index contributed by atoms with van der Waals surface area (Å²) < 4.78 is 10.7. The molecule has 0 radical (unpaired) electrons. The molecule has 2 rings (SSSR count). The third-order valence-electron chi connectivity index (χ3n) is 3.58. The molecule has 1 aliphatic heterocycles. The summed E-state index contributed by atoms with van der Waals surface area (Å²) >= 11 is 0. The Morgan fingerprint density at radius 1 is 1.05 bits per heavy atom. The molecule has 0 spiro atoms. The SMILES string of the molecule is Cc1ccc(C(C)C)c(O[C@H]2O[C@@H](O)[C@H](O)[C@@H](O)[C@@H]2O)c1. The van der Waals surface area contributed by atoms with E-state index in [1.807, 2.05) is 32.9 Å². The highest BCUT2D eigenvalue weighted by Crippen LogP contribution is 2.30. The molecule has 0 aromatic heterocycles. The molecular weight excluding hydrogens is 276 g/mol. The first-order valence-electron chi connectivity index (χ1n) is 6.96. The second-order valence-electron chi connectivity index (χ2n) is 5.68. The summed E-state index contributed by atoms with van der Waals surface area (Å²) in [4.78, 5) is 0. The first-order chi connectivity index (χ1) is 9.81. The van der Waals surface area contributed by atoms with Crippen molar-refractivity contribution in [3.63, 3.8) is 0 Å². The lowest BCUT2D eigenvalue weighted by molar-refractivity contribution is -0.321. The monoisotopic (exact) mass is 298 g/mol. The van der Waals surface area contributed by atoms with Crippen LogP contribution in [0, 0.1) is 6.92 Å². The van der Waals surface area contributed by atoms with Crippen molar-refractivity contribution < 1.29 is 29.9 Å². The average molecular weight is 298 g/mol. The van der Waals surface area contributed by atoms with Gasteiger partial charge in [0.25, 0.3) is 0 Å². The first-order valence-corrected chi connectivity index (χ1v) is 6.96.